The first-order valence-corrected chi connectivity index (χ1v) is 6.28. The van der Waals surface area contributed by atoms with Crippen molar-refractivity contribution in [3.63, 3.8) is 0 Å². The molecule has 1 aromatic carbocycles. The lowest BCUT2D eigenvalue weighted by Crippen LogP contribution is -2.38. The van der Waals surface area contributed by atoms with Crippen LogP contribution in [0.4, 0.5) is 10.5 Å². The van der Waals surface area contributed by atoms with Gasteiger partial charge in [0.2, 0.25) is 5.91 Å². The van der Waals surface area contributed by atoms with Crippen LogP contribution in [0.25, 0.3) is 0 Å². The van der Waals surface area contributed by atoms with Gasteiger partial charge in [-0.15, -0.1) is 11.6 Å². The molecule has 0 bridgehead atoms. The predicted octanol–water partition coefficient (Wildman–Crippen LogP) is 3.92. The molecule has 98 valence electrons. The molecule has 0 spiro atoms. The van der Waals surface area contributed by atoms with Gasteiger partial charge < -0.3 is 5.32 Å². The van der Waals surface area contributed by atoms with Crippen molar-refractivity contribution in [1.29, 1.82) is 0 Å². The van der Waals surface area contributed by atoms with E-state index in [1.165, 1.54) is 19.1 Å². The first-order valence-electron chi connectivity index (χ1n) is 4.71. The van der Waals surface area contributed by atoms with Gasteiger partial charge in [0.1, 0.15) is 5.38 Å². The van der Waals surface area contributed by atoms with Crippen molar-refractivity contribution >= 4 is 64.0 Å². The van der Waals surface area contributed by atoms with Crippen molar-refractivity contribution in [3.05, 3.63) is 27.2 Å². The summed E-state index contributed by atoms with van der Waals surface area (Å²) in [6, 6.07) is 2.00. The molecule has 8 heteroatoms. The number of alkyl halides is 1. The molecule has 0 saturated carbocycles. The van der Waals surface area contributed by atoms with E-state index in [0.717, 1.165) is 0 Å². The van der Waals surface area contributed by atoms with E-state index in [0.29, 0.717) is 0 Å². The number of benzene rings is 1. The average Bonchev–Trinajstić information content (AvgIpc) is 2.25. The Hall–Kier alpha value is -0.680. The van der Waals surface area contributed by atoms with Crippen LogP contribution in [0.15, 0.2) is 12.1 Å². The van der Waals surface area contributed by atoms with Crippen LogP contribution >= 0.6 is 46.4 Å². The Balaban J connectivity index is 2.76. The first kappa shape index (κ1) is 15.4. The second kappa shape index (κ2) is 6.48. The van der Waals surface area contributed by atoms with E-state index in [9.17, 15) is 9.59 Å². The van der Waals surface area contributed by atoms with Gasteiger partial charge in [0.25, 0.3) is 0 Å². The summed E-state index contributed by atoms with van der Waals surface area (Å²) in [6.07, 6.45) is 0. The van der Waals surface area contributed by atoms with E-state index >= 15 is 0 Å². The minimum atomic E-state index is -0.819. The largest absolute Gasteiger partial charge is 0.325 e. The van der Waals surface area contributed by atoms with Crippen LogP contribution < -0.4 is 10.6 Å². The average molecular weight is 330 g/mol. The summed E-state index contributed by atoms with van der Waals surface area (Å²) in [6.45, 7) is 1.44. The summed E-state index contributed by atoms with van der Waals surface area (Å²) in [5.74, 6) is -0.620. The van der Waals surface area contributed by atoms with Crippen LogP contribution in [0, 0.1) is 0 Å². The maximum absolute atomic E-state index is 11.4. The molecule has 0 radical (unpaired) electrons. The fraction of sp³-hybridized carbons (Fsp3) is 0.200. The molecular weight excluding hydrogens is 322 g/mol. The first-order chi connectivity index (χ1) is 8.31. The molecule has 0 aliphatic rings. The monoisotopic (exact) mass is 328 g/mol. The number of halogens is 4. The van der Waals surface area contributed by atoms with Crippen LogP contribution in [-0.4, -0.2) is 17.3 Å². The van der Waals surface area contributed by atoms with Crippen molar-refractivity contribution in [2.75, 3.05) is 5.32 Å². The zero-order chi connectivity index (χ0) is 13.9. The highest BCUT2D eigenvalue weighted by Crippen LogP contribution is 2.32. The van der Waals surface area contributed by atoms with E-state index in [-0.39, 0.29) is 20.8 Å². The summed E-state index contributed by atoms with van der Waals surface area (Å²) >= 11 is 22.9. The van der Waals surface area contributed by atoms with Gasteiger partial charge >= 0.3 is 6.03 Å². The van der Waals surface area contributed by atoms with Gasteiger partial charge in [0.15, 0.2) is 0 Å². The van der Waals surface area contributed by atoms with E-state index in [2.05, 4.69) is 5.32 Å². The lowest BCUT2D eigenvalue weighted by molar-refractivity contribution is -0.119. The third kappa shape index (κ3) is 4.21. The number of hydrogen-bond donors (Lipinski definition) is 2. The summed E-state index contributed by atoms with van der Waals surface area (Å²) in [4.78, 5) is 22.6. The molecule has 0 saturated heterocycles. The Morgan fingerprint density at radius 3 is 2.22 bits per heavy atom. The van der Waals surface area contributed by atoms with Crippen molar-refractivity contribution in [2.24, 2.45) is 0 Å². The summed E-state index contributed by atoms with van der Waals surface area (Å²) in [5.41, 5.74) is 0.235. The van der Waals surface area contributed by atoms with Gasteiger partial charge in [-0.05, 0) is 19.1 Å². The Bertz CT molecular complexity index is 491. The molecular formula is C10H8Cl4N2O2. The number of carbonyl (C=O) groups is 2. The number of carbonyl (C=O) groups excluding carboxylic acids is 2. The minimum absolute atomic E-state index is 0.200. The van der Waals surface area contributed by atoms with Crippen LogP contribution in [0.3, 0.4) is 0 Å². The van der Waals surface area contributed by atoms with Crippen molar-refractivity contribution in [1.82, 2.24) is 5.32 Å². The molecule has 0 aliphatic heterocycles. The third-order valence-electron chi connectivity index (χ3n) is 1.86. The second-order valence-corrected chi connectivity index (χ2v) is 5.18. The van der Waals surface area contributed by atoms with Crippen LogP contribution in [0.5, 0.6) is 0 Å². The second-order valence-electron chi connectivity index (χ2n) is 3.31. The molecule has 1 unspecified atom stereocenters. The van der Waals surface area contributed by atoms with Gasteiger partial charge in [0, 0.05) is 0 Å². The Kier molecular flexibility index (Phi) is 5.53. The highest BCUT2D eigenvalue weighted by Gasteiger charge is 2.14. The summed E-state index contributed by atoms with van der Waals surface area (Å²) in [7, 11) is 0. The number of amides is 3. The summed E-state index contributed by atoms with van der Waals surface area (Å²) in [5, 5.41) is 4.27. The van der Waals surface area contributed by atoms with Crippen molar-refractivity contribution in [2.45, 2.75) is 12.3 Å². The van der Waals surface area contributed by atoms with Gasteiger partial charge in [-0.2, -0.15) is 0 Å². The highest BCUT2D eigenvalue weighted by atomic mass is 35.5. The standard InChI is InChI=1S/C10H8Cl4N2O2/c1-4(11)9(17)16-10(18)15-8-3-6(13)5(12)2-7(8)14/h2-4H,1H3,(H2,15,16,17,18). The van der Waals surface area contributed by atoms with E-state index < -0.39 is 17.3 Å². The van der Waals surface area contributed by atoms with E-state index in [1.54, 1.807) is 0 Å². The van der Waals surface area contributed by atoms with Crippen LogP contribution in [0.1, 0.15) is 6.92 Å². The number of nitrogens with one attached hydrogen (secondary N) is 2. The van der Waals surface area contributed by atoms with Gasteiger partial charge in [0.05, 0.1) is 20.8 Å². The van der Waals surface area contributed by atoms with E-state index in [4.69, 9.17) is 46.4 Å². The topological polar surface area (TPSA) is 58.2 Å². The molecule has 18 heavy (non-hydrogen) atoms. The molecule has 0 fully saturated rings. The number of rotatable bonds is 2. The fourth-order valence-electron chi connectivity index (χ4n) is 0.983. The third-order valence-corrected chi connectivity index (χ3v) is 3.09. The van der Waals surface area contributed by atoms with Crippen LogP contribution in [0.2, 0.25) is 15.1 Å². The Morgan fingerprint density at radius 2 is 1.67 bits per heavy atom. The van der Waals surface area contributed by atoms with Gasteiger partial charge in [-0.25, -0.2) is 4.79 Å². The quantitative estimate of drug-likeness (QED) is 0.638. The minimum Gasteiger partial charge on any atom is -0.306 e. The zero-order valence-electron chi connectivity index (χ0n) is 9.06. The predicted molar refractivity (Wildman–Crippen MR) is 73.9 cm³/mol. The number of anilines is 1. The molecule has 4 nitrogen and oxygen atoms in total. The van der Waals surface area contributed by atoms with Gasteiger partial charge in [-0.1, -0.05) is 34.8 Å². The Labute approximate surface area is 124 Å². The maximum Gasteiger partial charge on any atom is 0.325 e. The highest BCUT2D eigenvalue weighted by molar-refractivity contribution is 6.44. The summed E-state index contributed by atoms with van der Waals surface area (Å²) < 4.78 is 0. The SMILES string of the molecule is CC(Cl)C(=O)NC(=O)Nc1cc(Cl)c(Cl)cc1Cl. The maximum atomic E-state index is 11.4. The molecule has 2 N–H and O–H groups in total. The van der Waals surface area contributed by atoms with Crippen LogP contribution in [-0.2, 0) is 4.79 Å². The Morgan fingerprint density at radius 1 is 1.11 bits per heavy atom. The lowest BCUT2D eigenvalue weighted by atomic mass is 10.3. The fourth-order valence-corrected chi connectivity index (χ4v) is 1.63. The smallest absolute Gasteiger partial charge is 0.306 e. The molecule has 0 heterocycles. The lowest BCUT2D eigenvalue weighted by Gasteiger charge is -2.10. The van der Waals surface area contributed by atoms with Crippen molar-refractivity contribution < 1.29 is 9.59 Å². The van der Waals surface area contributed by atoms with Crippen molar-refractivity contribution in [3.8, 4) is 0 Å². The normalized spacial score (nSPS) is 11.8. The number of hydrogen-bond acceptors (Lipinski definition) is 2. The molecule has 0 aromatic heterocycles. The molecule has 1 aromatic rings. The number of imide groups is 1. The molecule has 1 rings (SSSR count). The number of urea groups is 1. The molecule has 3 amide bonds. The zero-order valence-corrected chi connectivity index (χ0v) is 12.1. The van der Waals surface area contributed by atoms with Gasteiger partial charge in [-0.3, -0.25) is 10.1 Å². The molecule has 1 atom stereocenters. The molecule has 0 aliphatic carbocycles. The van der Waals surface area contributed by atoms with E-state index in [1.807, 2.05) is 5.32 Å².